The maximum absolute atomic E-state index is 10.4. The van der Waals surface area contributed by atoms with E-state index in [1.807, 2.05) is 18.2 Å². The minimum atomic E-state index is -0.742. The minimum Gasteiger partial charge on any atom is -0.481 e. The number of carboxylic acids is 1. The SMILES string of the molecule is O=C(O)CCCc1cccc(CC2(O)CC2)c1. The fourth-order valence-electron chi connectivity index (χ4n) is 2.04. The second kappa shape index (κ2) is 4.88. The molecule has 1 saturated carbocycles. The molecule has 0 spiro atoms. The predicted molar refractivity (Wildman–Crippen MR) is 64.9 cm³/mol. The fourth-order valence-corrected chi connectivity index (χ4v) is 2.04. The van der Waals surface area contributed by atoms with Crippen molar-refractivity contribution in [1.29, 1.82) is 0 Å². The van der Waals surface area contributed by atoms with Crippen molar-refractivity contribution in [1.82, 2.24) is 0 Å². The molecule has 3 heteroatoms. The van der Waals surface area contributed by atoms with E-state index in [2.05, 4.69) is 6.07 Å². The molecule has 0 radical (unpaired) electrons. The van der Waals surface area contributed by atoms with Gasteiger partial charge < -0.3 is 10.2 Å². The molecule has 1 aromatic rings. The zero-order valence-corrected chi connectivity index (χ0v) is 9.85. The van der Waals surface area contributed by atoms with Gasteiger partial charge in [0.2, 0.25) is 0 Å². The Kier molecular flexibility index (Phi) is 3.48. The van der Waals surface area contributed by atoms with Crippen molar-refractivity contribution in [2.24, 2.45) is 0 Å². The van der Waals surface area contributed by atoms with Crippen LogP contribution >= 0.6 is 0 Å². The molecule has 0 heterocycles. The predicted octanol–water partition coefficient (Wildman–Crippen LogP) is 2.16. The van der Waals surface area contributed by atoms with Gasteiger partial charge in [-0.2, -0.15) is 0 Å². The molecule has 1 fully saturated rings. The monoisotopic (exact) mass is 234 g/mol. The van der Waals surface area contributed by atoms with E-state index in [1.54, 1.807) is 0 Å². The molecule has 2 rings (SSSR count). The van der Waals surface area contributed by atoms with Gasteiger partial charge in [-0.25, -0.2) is 0 Å². The van der Waals surface area contributed by atoms with Crippen molar-refractivity contribution in [3.63, 3.8) is 0 Å². The highest BCUT2D eigenvalue weighted by Gasteiger charge is 2.39. The minimum absolute atomic E-state index is 0.216. The summed E-state index contributed by atoms with van der Waals surface area (Å²) >= 11 is 0. The number of hydrogen-bond donors (Lipinski definition) is 2. The second-order valence-corrected chi connectivity index (χ2v) is 4.97. The molecule has 1 aromatic carbocycles. The van der Waals surface area contributed by atoms with E-state index in [-0.39, 0.29) is 6.42 Å². The normalized spacial score (nSPS) is 16.8. The van der Waals surface area contributed by atoms with Crippen LogP contribution in [0.1, 0.15) is 36.8 Å². The molecule has 0 unspecified atom stereocenters. The number of aryl methyl sites for hydroxylation is 1. The molecule has 0 aromatic heterocycles. The van der Waals surface area contributed by atoms with Gasteiger partial charge in [0.05, 0.1) is 5.60 Å². The van der Waals surface area contributed by atoms with E-state index in [1.165, 1.54) is 0 Å². The summed E-state index contributed by atoms with van der Waals surface area (Å²) in [5.74, 6) is -0.742. The summed E-state index contributed by atoms with van der Waals surface area (Å²) < 4.78 is 0. The Bertz CT molecular complexity index is 408. The maximum atomic E-state index is 10.4. The summed E-state index contributed by atoms with van der Waals surface area (Å²) in [4.78, 5) is 10.4. The van der Waals surface area contributed by atoms with Gasteiger partial charge in [0, 0.05) is 12.8 Å². The Morgan fingerprint density at radius 1 is 1.29 bits per heavy atom. The molecule has 17 heavy (non-hydrogen) atoms. The lowest BCUT2D eigenvalue weighted by molar-refractivity contribution is -0.137. The summed E-state index contributed by atoms with van der Waals surface area (Å²) in [6.45, 7) is 0. The molecule has 0 bridgehead atoms. The van der Waals surface area contributed by atoms with Gasteiger partial charge in [0.25, 0.3) is 0 Å². The number of aliphatic carboxylic acids is 1. The topological polar surface area (TPSA) is 57.5 Å². The third-order valence-corrected chi connectivity index (χ3v) is 3.21. The van der Waals surface area contributed by atoms with Crippen molar-refractivity contribution < 1.29 is 15.0 Å². The number of hydrogen-bond acceptors (Lipinski definition) is 2. The molecule has 2 N–H and O–H groups in total. The van der Waals surface area contributed by atoms with Gasteiger partial charge in [0.1, 0.15) is 0 Å². The maximum Gasteiger partial charge on any atom is 0.303 e. The molecular formula is C14H18O3. The molecule has 0 amide bonds. The van der Waals surface area contributed by atoms with Crippen LogP contribution in [0.5, 0.6) is 0 Å². The first-order chi connectivity index (χ1) is 8.07. The zero-order valence-electron chi connectivity index (χ0n) is 9.85. The molecule has 0 aliphatic heterocycles. The number of aliphatic hydroxyl groups is 1. The summed E-state index contributed by atoms with van der Waals surface area (Å²) in [6.07, 6.45) is 4.20. The van der Waals surface area contributed by atoms with E-state index in [0.29, 0.717) is 6.42 Å². The first-order valence-electron chi connectivity index (χ1n) is 6.09. The largest absolute Gasteiger partial charge is 0.481 e. The molecule has 1 aliphatic rings. The third kappa shape index (κ3) is 3.86. The van der Waals surface area contributed by atoms with Crippen LogP contribution in [0.25, 0.3) is 0 Å². The van der Waals surface area contributed by atoms with E-state index in [4.69, 9.17) is 5.11 Å². The van der Waals surface area contributed by atoms with Crippen molar-refractivity contribution in [3.8, 4) is 0 Å². The molecule has 0 saturated heterocycles. The van der Waals surface area contributed by atoms with Gasteiger partial charge in [-0.05, 0) is 36.8 Å². The average molecular weight is 234 g/mol. The Morgan fingerprint density at radius 3 is 2.65 bits per heavy atom. The van der Waals surface area contributed by atoms with Gasteiger partial charge in [-0.3, -0.25) is 4.79 Å². The highest BCUT2D eigenvalue weighted by Crippen LogP contribution is 2.38. The van der Waals surface area contributed by atoms with E-state index < -0.39 is 11.6 Å². The highest BCUT2D eigenvalue weighted by molar-refractivity contribution is 5.66. The summed E-state index contributed by atoms with van der Waals surface area (Å²) in [5, 5.41) is 18.4. The van der Waals surface area contributed by atoms with Crippen molar-refractivity contribution in [2.75, 3.05) is 0 Å². The smallest absolute Gasteiger partial charge is 0.303 e. The Balaban J connectivity index is 1.89. The van der Waals surface area contributed by atoms with E-state index in [0.717, 1.165) is 36.8 Å². The molecular weight excluding hydrogens is 216 g/mol. The van der Waals surface area contributed by atoms with Crippen molar-refractivity contribution in [3.05, 3.63) is 35.4 Å². The molecule has 3 nitrogen and oxygen atoms in total. The Hall–Kier alpha value is -1.35. The average Bonchev–Trinajstić information content (AvgIpc) is 2.96. The molecule has 92 valence electrons. The van der Waals surface area contributed by atoms with Gasteiger partial charge in [0.15, 0.2) is 0 Å². The second-order valence-electron chi connectivity index (χ2n) is 4.97. The summed E-state index contributed by atoms with van der Waals surface area (Å²) in [6, 6.07) is 8.11. The van der Waals surface area contributed by atoms with Crippen molar-refractivity contribution >= 4 is 5.97 Å². The number of carbonyl (C=O) groups is 1. The zero-order chi connectivity index (χ0) is 12.3. The van der Waals surface area contributed by atoms with Crippen LogP contribution in [0.15, 0.2) is 24.3 Å². The van der Waals surface area contributed by atoms with Crippen LogP contribution in [-0.4, -0.2) is 21.8 Å². The van der Waals surface area contributed by atoms with Gasteiger partial charge in [-0.15, -0.1) is 0 Å². The quantitative estimate of drug-likeness (QED) is 0.793. The van der Waals surface area contributed by atoms with Crippen LogP contribution in [-0.2, 0) is 17.6 Å². The fraction of sp³-hybridized carbons (Fsp3) is 0.500. The van der Waals surface area contributed by atoms with Gasteiger partial charge >= 0.3 is 5.97 Å². The van der Waals surface area contributed by atoms with Crippen LogP contribution in [0, 0.1) is 0 Å². The van der Waals surface area contributed by atoms with E-state index in [9.17, 15) is 9.90 Å². The number of carboxylic acid groups (broad SMARTS) is 1. The lowest BCUT2D eigenvalue weighted by atomic mass is 10.0. The summed E-state index contributed by atoms with van der Waals surface area (Å²) in [5.41, 5.74) is 1.85. The number of benzene rings is 1. The number of rotatable bonds is 6. The molecule has 1 aliphatic carbocycles. The lowest BCUT2D eigenvalue weighted by Gasteiger charge is -2.09. The third-order valence-electron chi connectivity index (χ3n) is 3.21. The van der Waals surface area contributed by atoms with Crippen molar-refractivity contribution in [2.45, 2.75) is 44.1 Å². The summed E-state index contributed by atoms with van der Waals surface area (Å²) in [7, 11) is 0. The standard InChI is InChI=1S/C14H18O3/c15-13(16)6-2-4-11-3-1-5-12(9-11)10-14(17)7-8-14/h1,3,5,9,17H,2,4,6-8,10H2,(H,15,16). The first kappa shape index (κ1) is 12.1. The van der Waals surface area contributed by atoms with Crippen LogP contribution in [0.3, 0.4) is 0 Å². The van der Waals surface area contributed by atoms with Crippen LogP contribution in [0.2, 0.25) is 0 Å². The lowest BCUT2D eigenvalue weighted by Crippen LogP contribution is -2.10. The Labute approximate surface area is 101 Å². The highest BCUT2D eigenvalue weighted by atomic mass is 16.4. The van der Waals surface area contributed by atoms with Gasteiger partial charge in [-0.1, -0.05) is 24.3 Å². The first-order valence-corrected chi connectivity index (χ1v) is 6.09. The van der Waals surface area contributed by atoms with Crippen LogP contribution in [0.4, 0.5) is 0 Å². The molecule has 0 atom stereocenters. The van der Waals surface area contributed by atoms with Crippen LogP contribution < -0.4 is 0 Å². The Morgan fingerprint density at radius 2 is 2.00 bits per heavy atom. The van der Waals surface area contributed by atoms with E-state index >= 15 is 0 Å².